The lowest BCUT2D eigenvalue weighted by Gasteiger charge is -2.34. The summed E-state index contributed by atoms with van der Waals surface area (Å²) in [5.74, 6) is 0. The van der Waals surface area contributed by atoms with Crippen molar-refractivity contribution in [2.45, 2.75) is 39.5 Å². The second-order valence-electron chi connectivity index (χ2n) is 7.51. The van der Waals surface area contributed by atoms with E-state index in [9.17, 15) is 0 Å². The molecule has 1 saturated heterocycles. The van der Waals surface area contributed by atoms with Crippen molar-refractivity contribution < 1.29 is 0 Å². The predicted molar refractivity (Wildman–Crippen MR) is 102 cm³/mol. The summed E-state index contributed by atoms with van der Waals surface area (Å²) in [6, 6.07) is 8.10. The molecule has 136 valence electrons. The van der Waals surface area contributed by atoms with E-state index >= 15 is 0 Å². The van der Waals surface area contributed by atoms with Crippen LogP contribution >= 0.6 is 23.8 Å². The molecule has 1 aliphatic rings. The number of nitrogens with zero attached hydrogens (tertiary/aromatic N) is 6. The number of piperazine rings is 1. The SMILES string of the molecule is CC(C)(C)n1nnn(CN2CCN(Cc3ccc(Cl)cc3)CC2)c1=S. The number of aromatic nitrogens is 4. The monoisotopic (exact) mass is 380 g/mol. The van der Waals surface area contributed by atoms with Crippen molar-refractivity contribution in [3.8, 4) is 0 Å². The number of tetrazole rings is 1. The largest absolute Gasteiger partial charge is 0.297 e. The van der Waals surface area contributed by atoms with Crippen LogP contribution in [0.2, 0.25) is 5.02 Å². The fourth-order valence-corrected chi connectivity index (χ4v) is 3.44. The summed E-state index contributed by atoms with van der Waals surface area (Å²) in [5, 5.41) is 9.22. The van der Waals surface area contributed by atoms with Gasteiger partial charge in [0.15, 0.2) is 0 Å². The maximum atomic E-state index is 5.95. The van der Waals surface area contributed by atoms with Gasteiger partial charge in [-0.3, -0.25) is 9.80 Å². The first-order valence-electron chi connectivity index (χ1n) is 8.55. The average Bonchev–Trinajstić information content (AvgIpc) is 2.92. The maximum absolute atomic E-state index is 5.95. The van der Waals surface area contributed by atoms with E-state index in [4.69, 9.17) is 23.8 Å². The summed E-state index contributed by atoms with van der Waals surface area (Å²) in [6.07, 6.45) is 0. The Labute approximate surface area is 159 Å². The second kappa shape index (κ2) is 7.53. The van der Waals surface area contributed by atoms with Crippen LogP contribution in [0.15, 0.2) is 24.3 Å². The van der Waals surface area contributed by atoms with Crippen molar-refractivity contribution in [1.29, 1.82) is 0 Å². The first-order chi connectivity index (χ1) is 11.8. The molecular formula is C17H25ClN6S. The lowest BCUT2D eigenvalue weighted by atomic mass is 10.1. The lowest BCUT2D eigenvalue weighted by molar-refractivity contribution is 0.0974. The highest BCUT2D eigenvalue weighted by molar-refractivity contribution is 7.71. The number of hydrogen-bond donors (Lipinski definition) is 0. The fraction of sp³-hybridized carbons (Fsp3) is 0.588. The van der Waals surface area contributed by atoms with Gasteiger partial charge in [0.05, 0.1) is 12.2 Å². The summed E-state index contributed by atoms with van der Waals surface area (Å²) < 4.78 is 4.30. The van der Waals surface area contributed by atoms with Gasteiger partial charge in [-0.2, -0.15) is 0 Å². The van der Waals surface area contributed by atoms with Gasteiger partial charge in [-0.05, 0) is 61.1 Å². The van der Waals surface area contributed by atoms with Crippen molar-refractivity contribution in [1.82, 2.24) is 29.6 Å². The third kappa shape index (κ3) is 4.67. The van der Waals surface area contributed by atoms with Crippen LogP contribution in [0, 0.1) is 4.77 Å². The maximum Gasteiger partial charge on any atom is 0.217 e. The summed E-state index contributed by atoms with van der Waals surface area (Å²) in [5.41, 5.74) is 1.15. The molecule has 2 aromatic rings. The lowest BCUT2D eigenvalue weighted by Crippen LogP contribution is -2.46. The quantitative estimate of drug-likeness (QED) is 0.763. The van der Waals surface area contributed by atoms with E-state index in [1.54, 1.807) is 4.68 Å². The van der Waals surface area contributed by atoms with Crippen molar-refractivity contribution in [3.05, 3.63) is 39.6 Å². The van der Waals surface area contributed by atoms with E-state index in [2.05, 4.69) is 53.1 Å². The minimum absolute atomic E-state index is 0.146. The van der Waals surface area contributed by atoms with Crippen LogP contribution in [0.5, 0.6) is 0 Å². The molecule has 0 amide bonds. The van der Waals surface area contributed by atoms with Gasteiger partial charge < -0.3 is 0 Å². The van der Waals surface area contributed by atoms with Gasteiger partial charge in [-0.25, -0.2) is 9.36 Å². The van der Waals surface area contributed by atoms with E-state index < -0.39 is 0 Å². The first kappa shape index (κ1) is 18.5. The Morgan fingerprint density at radius 2 is 1.60 bits per heavy atom. The number of hydrogen-bond acceptors (Lipinski definition) is 5. The minimum atomic E-state index is -0.146. The predicted octanol–water partition coefficient (Wildman–Crippen LogP) is 2.99. The van der Waals surface area contributed by atoms with Gasteiger partial charge in [0.1, 0.15) is 0 Å². The summed E-state index contributed by atoms with van der Waals surface area (Å²) in [4.78, 5) is 4.83. The summed E-state index contributed by atoms with van der Waals surface area (Å²) in [7, 11) is 0. The molecular weight excluding hydrogens is 356 g/mol. The molecule has 1 aliphatic heterocycles. The topological polar surface area (TPSA) is 42.1 Å². The molecule has 1 fully saturated rings. The molecule has 0 aliphatic carbocycles. The van der Waals surface area contributed by atoms with Crippen LogP contribution in [0.3, 0.4) is 0 Å². The third-order valence-corrected chi connectivity index (χ3v) is 5.03. The van der Waals surface area contributed by atoms with Gasteiger partial charge in [0.2, 0.25) is 4.77 Å². The molecule has 1 aromatic carbocycles. The van der Waals surface area contributed by atoms with E-state index in [0.29, 0.717) is 11.4 Å². The van der Waals surface area contributed by atoms with Gasteiger partial charge in [-0.1, -0.05) is 23.7 Å². The molecule has 3 rings (SSSR count). The molecule has 0 unspecified atom stereocenters. The van der Waals surface area contributed by atoms with Crippen molar-refractivity contribution in [2.75, 3.05) is 26.2 Å². The number of benzene rings is 1. The van der Waals surface area contributed by atoms with E-state index in [0.717, 1.165) is 37.7 Å². The standard InChI is InChI=1S/C17H25ClN6S/c1-17(2,3)24-16(25)23(19-20-24)13-22-10-8-21(9-11-22)12-14-4-6-15(18)7-5-14/h4-7H,8-13H2,1-3H3. The molecule has 0 spiro atoms. The van der Waals surface area contributed by atoms with Crippen LogP contribution in [0.1, 0.15) is 26.3 Å². The molecule has 25 heavy (non-hydrogen) atoms. The fourth-order valence-electron chi connectivity index (χ4n) is 2.91. The van der Waals surface area contributed by atoms with Crippen LogP contribution in [-0.2, 0) is 18.8 Å². The van der Waals surface area contributed by atoms with E-state index in [-0.39, 0.29) is 5.54 Å². The number of halogens is 1. The normalized spacial score (nSPS) is 17.1. The summed E-state index contributed by atoms with van der Waals surface area (Å²) >= 11 is 11.5. The number of rotatable bonds is 4. The van der Waals surface area contributed by atoms with Gasteiger partial charge >= 0.3 is 0 Å². The molecule has 6 nitrogen and oxygen atoms in total. The Kier molecular flexibility index (Phi) is 5.58. The Morgan fingerprint density at radius 1 is 1.00 bits per heavy atom. The van der Waals surface area contributed by atoms with E-state index in [1.807, 2.05) is 16.8 Å². The van der Waals surface area contributed by atoms with E-state index in [1.165, 1.54) is 5.56 Å². The zero-order chi connectivity index (χ0) is 18.0. The van der Waals surface area contributed by atoms with Gasteiger partial charge in [0.25, 0.3) is 0 Å². The minimum Gasteiger partial charge on any atom is -0.297 e. The zero-order valence-corrected chi connectivity index (χ0v) is 16.6. The molecule has 8 heteroatoms. The van der Waals surface area contributed by atoms with Crippen molar-refractivity contribution >= 4 is 23.8 Å². The van der Waals surface area contributed by atoms with Crippen LogP contribution < -0.4 is 0 Å². The molecule has 0 radical (unpaired) electrons. The average molecular weight is 381 g/mol. The Hall–Kier alpha value is -1.28. The highest BCUT2D eigenvalue weighted by Gasteiger charge is 2.21. The molecule has 0 saturated carbocycles. The Bertz CT molecular complexity index is 753. The molecule has 0 atom stereocenters. The van der Waals surface area contributed by atoms with Crippen LogP contribution in [0.25, 0.3) is 0 Å². The summed E-state index contributed by atoms with van der Waals surface area (Å²) in [6.45, 7) is 12.0. The van der Waals surface area contributed by atoms with Crippen LogP contribution in [-0.4, -0.2) is 55.8 Å². The highest BCUT2D eigenvalue weighted by Crippen LogP contribution is 2.14. The molecule has 0 bridgehead atoms. The van der Waals surface area contributed by atoms with Gasteiger partial charge in [-0.15, -0.1) is 0 Å². The smallest absolute Gasteiger partial charge is 0.217 e. The molecule has 0 N–H and O–H groups in total. The Balaban J connectivity index is 1.54. The Morgan fingerprint density at radius 3 is 2.16 bits per heavy atom. The second-order valence-corrected chi connectivity index (χ2v) is 8.31. The van der Waals surface area contributed by atoms with Crippen molar-refractivity contribution in [3.63, 3.8) is 0 Å². The zero-order valence-electron chi connectivity index (χ0n) is 15.0. The van der Waals surface area contributed by atoms with Gasteiger partial charge in [0, 0.05) is 37.7 Å². The third-order valence-electron chi connectivity index (χ3n) is 4.39. The first-order valence-corrected chi connectivity index (χ1v) is 9.34. The molecule has 1 aromatic heterocycles. The van der Waals surface area contributed by atoms with Crippen molar-refractivity contribution in [2.24, 2.45) is 0 Å². The highest BCUT2D eigenvalue weighted by atomic mass is 35.5. The molecule has 2 heterocycles. The van der Waals surface area contributed by atoms with Crippen LogP contribution in [0.4, 0.5) is 0 Å².